The molecule has 4 rings (SSSR count). The summed E-state index contributed by atoms with van der Waals surface area (Å²) in [5, 5.41) is 14.4. The summed E-state index contributed by atoms with van der Waals surface area (Å²) in [4.78, 5) is 17.0. The van der Waals surface area contributed by atoms with Gasteiger partial charge < -0.3 is 4.74 Å². The van der Waals surface area contributed by atoms with E-state index in [9.17, 15) is 10.1 Å². The van der Waals surface area contributed by atoms with Crippen LogP contribution in [0.5, 0.6) is 5.75 Å². The minimum absolute atomic E-state index is 0.0553. The smallest absolute Gasteiger partial charge is 0.299 e. The molecule has 5 nitrogen and oxygen atoms in total. The van der Waals surface area contributed by atoms with Crippen LogP contribution in [-0.2, 0) is 0 Å². The number of nitro groups is 1. The van der Waals surface area contributed by atoms with Crippen molar-refractivity contribution in [2.24, 2.45) is 0 Å². The molecule has 0 fully saturated rings. The first kappa shape index (κ1) is 16.4. The fraction of sp³-hybridized carbons (Fsp3) is 0.0500. The number of pyridine rings is 1. The molecular formula is C20H14N2O3S. The van der Waals surface area contributed by atoms with Crippen LogP contribution >= 0.6 is 11.8 Å². The lowest BCUT2D eigenvalue weighted by atomic mass is 10.1. The van der Waals surface area contributed by atoms with Crippen LogP contribution in [-0.4, -0.2) is 17.0 Å². The highest BCUT2D eigenvalue weighted by Gasteiger charge is 2.21. The number of hydrogen-bond acceptors (Lipinski definition) is 5. The Morgan fingerprint density at radius 1 is 1.04 bits per heavy atom. The topological polar surface area (TPSA) is 65.3 Å². The highest BCUT2D eigenvalue weighted by molar-refractivity contribution is 7.99. The molecular weight excluding hydrogens is 348 g/mol. The standard InChI is InChI=1S/C20H14N2O3S/c1-25-18-12-17(22(23)24)19-16(7-4-10-21-19)20(18)26-15-9-8-13-5-2-3-6-14(13)11-15/h2-12H,1H3. The number of fused-ring (bicyclic) bond motifs is 2. The van der Waals surface area contributed by atoms with Crippen molar-refractivity contribution < 1.29 is 9.66 Å². The fourth-order valence-electron chi connectivity index (χ4n) is 2.93. The SMILES string of the molecule is COc1cc([N+](=O)[O-])c2ncccc2c1Sc1ccc2ccccc2c1. The quantitative estimate of drug-likeness (QED) is 0.356. The van der Waals surface area contributed by atoms with Gasteiger partial charge in [-0.15, -0.1) is 0 Å². The van der Waals surface area contributed by atoms with E-state index in [4.69, 9.17) is 4.74 Å². The highest BCUT2D eigenvalue weighted by atomic mass is 32.2. The predicted octanol–water partition coefficient (Wildman–Crippen LogP) is 5.46. The Morgan fingerprint density at radius 3 is 2.62 bits per heavy atom. The van der Waals surface area contributed by atoms with Gasteiger partial charge in [0, 0.05) is 16.5 Å². The Labute approximate surface area is 153 Å². The Kier molecular flexibility index (Phi) is 4.18. The molecule has 1 heterocycles. The van der Waals surface area contributed by atoms with Gasteiger partial charge in [0.2, 0.25) is 0 Å². The maximum absolute atomic E-state index is 11.4. The number of non-ortho nitro benzene ring substituents is 1. The summed E-state index contributed by atoms with van der Waals surface area (Å²) in [7, 11) is 1.52. The lowest BCUT2D eigenvalue weighted by Crippen LogP contribution is -1.96. The van der Waals surface area contributed by atoms with Crippen LogP contribution in [0.2, 0.25) is 0 Å². The number of nitro benzene ring substituents is 1. The van der Waals surface area contributed by atoms with E-state index in [2.05, 4.69) is 29.2 Å². The molecule has 6 heteroatoms. The van der Waals surface area contributed by atoms with E-state index < -0.39 is 4.92 Å². The van der Waals surface area contributed by atoms with Gasteiger partial charge in [-0.2, -0.15) is 0 Å². The number of rotatable bonds is 4. The van der Waals surface area contributed by atoms with Crippen molar-refractivity contribution in [3.8, 4) is 5.75 Å². The van der Waals surface area contributed by atoms with E-state index in [1.54, 1.807) is 12.3 Å². The molecule has 0 aliphatic carbocycles. The van der Waals surface area contributed by atoms with Gasteiger partial charge in [0.25, 0.3) is 5.69 Å². The van der Waals surface area contributed by atoms with Gasteiger partial charge in [-0.3, -0.25) is 10.1 Å². The van der Waals surface area contributed by atoms with Crippen molar-refractivity contribution >= 4 is 39.1 Å². The molecule has 0 spiro atoms. The van der Waals surface area contributed by atoms with Crippen LogP contribution in [0.25, 0.3) is 21.7 Å². The Hall–Kier alpha value is -3.12. The van der Waals surface area contributed by atoms with Crippen LogP contribution < -0.4 is 4.74 Å². The summed E-state index contributed by atoms with van der Waals surface area (Å²) < 4.78 is 5.45. The molecule has 4 aromatic rings. The van der Waals surface area contributed by atoms with Gasteiger partial charge in [-0.05, 0) is 35.0 Å². The first-order valence-corrected chi connectivity index (χ1v) is 8.76. The second kappa shape index (κ2) is 6.65. The van der Waals surface area contributed by atoms with Crippen LogP contribution in [0, 0.1) is 10.1 Å². The summed E-state index contributed by atoms with van der Waals surface area (Å²) in [6.07, 6.45) is 1.56. The zero-order valence-electron chi connectivity index (χ0n) is 13.9. The van der Waals surface area contributed by atoms with E-state index in [1.807, 2.05) is 24.3 Å². The summed E-state index contributed by atoms with van der Waals surface area (Å²) >= 11 is 1.52. The van der Waals surface area contributed by atoms with Crippen LogP contribution in [0.4, 0.5) is 5.69 Å². The molecule has 0 saturated heterocycles. The number of hydrogen-bond donors (Lipinski definition) is 0. The second-order valence-corrected chi connectivity index (χ2v) is 6.78. The summed E-state index contributed by atoms with van der Waals surface area (Å²) in [6, 6.07) is 19.4. The summed E-state index contributed by atoms with van der Waals surface area (Å²) in [6.45, 7) is 0. The minimum atomic E-state index is -0.428. The van der Waals surface area contributed by atoms with Crippen molar-refractivity contribution in [3.05, 3.63) is 77.0 Å². The third kappa shape index (κ3) is 2.84. The molecule has 3 aromatic carbocycles. The monoisotopic (exact) mass is 362 g/mol. The maximum atomic E-state index is 11.4. The molecule has 0 unspecified atom stereocenters. The number of aromatic nitrogens is 1. The molecule has 0 radical (unpaired) electrons. The van der Waals surface area contributed by atoms with Crippen molar-refractivity contribution in [2.75, 3.05) is 7.11 Å². The lowest BCUT2D eigenvalue weighted by Gasteiger charge is -2.12. The molecule has 128 valence electrons. The van der Waals surface area contributed by atoms with Crippen molar-refractivity contribution in [1.82, 2.24) is 4.98 Å². The summed E-state index contributed by atoms with van der Waals surface area (Å²) in [5.41, 5.74) is 0.307. The largest absolute Gasteiger partial charge is 0.495 e. The van der Waals surface area contributed by atoms with Gasteiger partial charge in [-0.1, -0.05) is 42.1 Å². The Balaban J connectivity index is 1.89. The number of methoxy groups -OCH3 is 1. The normalized spacial score (nSPS) is 11.0. The predicted molar refractivity (Wildman–Crippen MR) is 103 cm³/mol. The number of nitrogens with zero attached hydrogens (tertiary/aromatic N) is 2. The molecule has 0 bridgehead atoms. The fourth-order valence-corrected chi connectivity index (χ4v) is 4.00. The van der Waals surface area contributed by atoms with E-state index in [0.717, 1.165) is 15.2 Å². The van der Waals surface area contributed by atoms with Crippen molar-refractivity contribution in [2.45, 2.75) is 9.79 Å². The molecule has 0 atom stereocenters. The molecule has 0 amide bonds. The maximum Gasteiger partial charge on any atom is 0.299 e. The lowest BCUT2D eigenvalue weighted by molar-refractivity contribution is -0.383. The van der Waals surface area contributed by atoms with Crippen LogP contribution in [0.3, 0.4) is 0 Å². The van der Waals surface area contributed by atoms with E-state index >= 15 is 0 Å². The van der Waals surface area contributed by atoms with Crippen LogP contribution in [0.15, 0.2) is 76.7 Å². The van der Waals surface area contributed by atoms with E-state index in [-0.39, 0.29) is 5.69 Å². The van der Waals surface area contributed by atoms with Gasteiger partial charge in [0.15, 0.2) is 0 Å². The Bertz CT molecular complexity index is 1140. The molecule has 0 saturated carbocycles. The van der Waals surface area contributed by atoms with Crippen LogP contribution in [0.1, 0.15) is 0 Å². The second-order valence-electron chi connectivity index (χ2n) is 5.69. The Morgan fingerprint density at radius 2 is 1.85 bits per heavy atom. The first-order chi connectivity index (χ1) is 12.7. The zero-order valence-corrected chi connectivity index (χ0v) is 14.7. The number of benzene rings is 3. The van der Waals surface area contributed by atoms with Gasteiger partial charge in [-0.25, -0.2) is 4.98 Å². The van der Waals surface area contributed by atoms with Gasteiger partial charge >= 0.3 is 0 Å². The number of ether oxygens (including phenoxy) is 1. The minimum Gasteiger partial charge on any atom is -0.495 e. The van der Waals surface area contributed by atoms with Gasteiger partial charge in [0.05, 0.1) is 23.0 Å². The third-order valence-electron chi connectivity index (χ3n) is 4.14. The summed E-state index contributed by atoms with van der Waals surface area (Å²) in [5.74, 6) is 0.468. The van der Waals surface area contributed by atoms with E-state index in [1.165, 1.54) is 30.3 Å². The highest BCUT2D eigenvalue weighted by Crippen LogP contribution is 2.43. The first-order valence-electron chi connectivity index (χ1n) is 7.94. The average molecular weight is 362 g/mol. The molecule has 0 aliphatic rings. The van der Waals surface area contributed by atoms with Crippen molar-refractivity contribution in [3.63, 3.8) is 0 Å². The van der Waals surface area contributed by atoms with Crippen molar-refractivity contribution in [1.29, 1.82) is 0 Å². The molecule has 26 heavy (non-hydrogen) atoms. The molecule has 0 aliphatic heterocycles. The van der Waals surface area contributed by atoms with E-state index in [0.29, 0.717) is 16.7 Å². The molecule has 0 N–H and O–H groups in total. The zero-order chi connectivity index (χ0) is 18.1. The third-order valence-corrected chi connectivity index (χ3v) is 5.26. The van der Waals surface area contributed by atoms with Gasteiger partial charge in [0.1, 0.15) is 11.3 Å². The average Bonchev–Trinajstić information content (AvgIpc) is 2.68. The molecule has 1 aromatic heterocycles.